The first-order valence-electron chi connectivity index (χ1n) is 8.05. The number of hydrazone groups is 1. The first-order chi connectivity index (χ1) is 12.0. The summed E-state index contributed by atoms with van der Waals surface area (Å²) in [5.41, 5.74) is 4.56. The maximum absolute atomic E-state index is 12.5. The van der Waals surface area contributed by atoms with Gasteiger partial charge in [-0.2, -0.15) is 13.9 Å². The van der Waals surface area contributed by atoms with E-state index in [1.807, 2.05) is 6.07 Å². The van der Waals surface area contributed by atoms with Crippen LogP contribution in [0.2, 0.25) is 0 Å². The zero-order valence-electron chi connectivity index (χ0n) is 13.7. The smallest absolute Gasteiger partial charge is 0.387 e. The Hall–Kier alpha value is -2.28. The van der Waals surface area contributed by atoms with Gasteiger partial charge in [0.2, 0.25) is 0 Å². The number of benzene rings is 1. The standard InChI is InChI=1S/C18H18F2N2O2S/c1-11(13-7-3-4-8-14(13)24-18(19)20)21-22-17(23)16-10-12-6-2-5-9-15(12)25-16/h3-4,7-8,10,18H,2,5-6,9H2,1H3,(H,22,23)/b21-11+. The van der Waals surface area contributed by atoms with Crippen LogP contribution in [0, 0.1) is 0 Å². The molecule has 0 bridgehead atoms. The molecule has 1 aromatic heterocycles. The molecular formula is C18H18F2N2O2S. The molecule has 3 rings (SSSR count). The molecule has 0 unspecified atom stereocenters. The van der Waals surface area contributed by atoms with E-state index >= 15 is 0 Å². The quantitative estimate of drug-likeness (QED) is 0.632. The highest BCUT2D eigenvalue weighted by Crippen LogP contribution is 2.29. The lowest BCUT2D eigenvalue weighted by Gasteiger charge is -2.10. The maximum atomic E-state index is 12.5. The van der Waals surface area contributed by atoms with Gasteiger partial charge in [-0.25, -0.2) is 5.43 Å². The van der Waals surface area contributed by atoms with E-state index in [9.17, 15) is 13.6 Å². The van der Waals surface area contributed by atoms with Gasteiger partial charge in [0.1, 0.15) is 5.75 Å². The van der Waals surface area contributed by atoms with Crippen molar-refractivity contribution in [2.75, 3.05) is 0 Å². The summed E-state index contributed by atoms with van der Waals surface area (Å²) in [6, 6.07) is 8.28. The predicted molar refractivity (Wildman–Crippen MR) is 93.7 cm³/mol. The fourth-order valence-electron chi connectivity index (χ4n) is 2.82. The van der Waals surface area contributed by atoms with E-state index in [4.69, 9.17) is 0 Å². The number of fused-ring (bicyclic) bond motifs is 1. The second kappa shape index (κ2) is 7.74. The van der Waals surface area contributed by atoms with E-state index in [1.165, 1.54) is 27.8 Å². The van der Waals surface area contributed by atoms with Gasteiger partial charge in [-0.15, -0.1) is 11.3 Å². The van der Waals surface area contributed by atoms with E-state index in [2.05, 4.69) is 15.3 Å². The number of halogens is 2. The minimum atomic E-state index is -2.92. The van der Waals surface area contributed by atoms with E-state index < -0.39 is 6.61 Å². The number of amides is 1. The Morgan fingerprint density at radius 3 is 2.80 bits per heavy atom. The molecule has 0 atom stereocenters. The molecule has 1 aromatic carbocycles. The van der Waals surface area contributed by atoms with Crippen molar-refractivity contribution in [3.05, 3.63) is 51.2 Å². The minimum Gasteiger partial charge on any atom is -0.434 e. The number of ether oxygens (including phenoxy) is 1. The third kappa shape index (κ3) is 4.22. The molecule has 1 N–H and O–H groups in total. The molecule has 0 saturated carbocycles. The predicted octanol–water partition coefficient (Wildman–Crippen LogP) is 4.38. The zero-order valence-corrected chi connectivity index (χ0v) is 14.5. The van der Waals surface area contributed by atoms with Crippen molar-refractivity contribution >= 4 is 23.0 Å². The lowest BCUT2D eigenvalue weighted by atomic mass is 9.99. The van der Waals surface area contributed by atoms with E-state index in [0.29, 0.717) is 16.2 Å². The van der Waals surface area contributed by atoms with Crippen molar-refractivity contribution in [1.82, 2.24) is 5.43 Å². The topological polar surface area (TPSA) is 50.7 Å². The zero-order chi connectivity index (χ0) is 17.8. The highest BCUT2D eigenvalue weighted by atomic mass is 32.1. The normalized spacial score (nSPS) is 14.3. The number of alkyl halides is 2. The maximum Gasteiger partial charge on any atom is 0.387 e. The molecule has 4 nitrogen and oxygen atoms in total. The van der Waals surface area contributed by atoms with Gasteiger partial charge in [-0.05, 0) is 56.4 Å². The van der Waals surface area contributed by atoms with Crippen LogP contribution in [0.25, 0.3) is 0 Å². The van der Waals surface area contributed by atoms with Crippen molar-refractivity contribution < 1.29 is 18.3 Å². The Labute approximate surface area is 148 Å². The summed E-state index contributed by atoms with van der Waals surface area (Å²) in [4.78, 5) is 14.2. The van der Waals surface area contributed by atoms with Crippen LogP contribution in [0.15, 0.2) is 35.4 Å². The van der Waals surface area contributed by atoms with Crippen molar-refractivity contribution in [2.45, 2.75) is 39.2 Å². The molecule has 0 saturated heterocycles. The first-order valence-corrected chi connectivity index (χ1v) is 8.86. The number of aryl methyl sites for hydroxylation is 2. The highest BCUT2D eigenvalue weighted by Gasteiger charge is 2.17. The van der Waals surface area contributed by atoms with Crippen LogP contribution in [-0.4, -0.2) is 18.2 Å². The molecule has 1 aliphatic carbocycles. The summed E-state index contributed by atoms with van der Waals surface area (Å²) in [5, 5.41) is 4.04. The van der Waals surface area contributed by atoms with Crippen LogP contribution in [0.3, 0.4) is 0 Å². The summed E-state index contributed by atoms with van der Waals surface area (Å²) in [6.07, 6.45) is 4.35. The van der Waals surface area contributed by atoms with Gasteiger partial charge >= 0.3 is 6.61 Å². The number of hydrogen-bond acceptors (Lipinski definition) is 4. The van der Waals surface area contributed by atoms with Crippen LogP contribution in [0.4, 0.5) is 8.78 Å². The Kier molecular flexibility index (Phi) is 5.43. The van der Waals surface area contributed by atoms with Gasteiger partial charge in [0.15, 0.2) is 0 Å². The van der Waals surface area contributed by atoms with E-state index in [-0.39, 0.29) is 11.7 Å². The Balaban J connectivity index is 1.73. The van der Waals surface area contributed by atoms with Crippen molar-refractivity contribution in [3.63, 3.8) is 0 Å². The SMILES string of the molecule is C/C(=N\NC(=O)c1cc2c(s1)CCCC2)c1ccccc1OC(F)F. The molecule has 25 heavy (non-hydrogen) atoms. The molecule has 0 spiro atoms. The van der Waals surface area contributed by atoms with Gasteiger partial charge < -0.3 is 4.74 Å². The lowest BCUT2D eigenvalue weighted by Crippen LogP contribution is -2.18. The summed E-state index contributed by atoms with van der Waals surface area (Å²) in [5.74, 6) is -0.259. The number of rotatable bonds is 5. The van der Waals surface area contributed by atoms with E-state index in [0.717, 1.165) is 25.7 Å². The Morgan fingerprint density at radius 2 is 2.04 bits per heavy atom. The van der Waals surface area contributed by atoms with Crippen molar-refractivity contribution in [3.8, 4) is 5.75 Å². The first kappa shape index (κ1) is 17.5. The third-order valence-electron chi connectivity index (χ3n) is 4.04. The molecule has 132 valence electrons. The van der Waals surface area contributed by atoms with Crippen LogP contribution in [-0.2, 0) is 12.8 Å². The lowest BCUT2D eigenvalue weighted by molar-refractivity contribution is -0.0499. The van der Waals surface area contributed by atoms with Gasteiger partial charge in [0, 0.05) is 10.4 Å². The Morgan fingerprint density at radius 1 is 1.28 bits per heavy atom. The second-order valence-corrected chi connectivity index (χ2v) is 6.92. The number of carbonyl (C=O) groups is 1. The number of carbonyl (C=O) groups excluding carboxylic acids is 1. The number of para-hydroxylation sites is 1. The summed E-state index contributed by atoms with van der Waals surface area (Å²) in [6.45, 7) is -1.28. The molecule has 1 amide bonds. The average Bonchev–Trinajstić information content (AvgIpc) is 3.03. The molecule has 1 heterocycles. The molecule has 7 heteroatoms. The highest BCUT2D eigenvalue weighted by molar-refractivity contribution is 7.14. The summed E-state index contributed by atoms with van der Waals surface area (Å²) < 4.78 is 29.5. The van der Waals surface area contributed by atoms with Gasteiger partial charge in [0.05, 0.1) is 10.6 Å². The van der Waals surface area contributed by atoms with Crippen molar-refractivity contribution in [1.29, 1.82) is 0 Å². The molecule has 1 aliphatic rings. The number of nitrogens with one attached hydrogen (secondary N) is 1. The van der Waals surface area contributed by atoms with Gasteiger partial charge in [0.25, 0.3) is 5.91 Å². The van der Waals surface area contributed by atoms with E-state index in [1.54, 1.807) is 25.1 Å². The van der Waals surface area contributed by atoms with Crippen LogP contribution < -0.4 is 10.2 Å². The van der Waals surface area contributed by atoms with Crippen LogP contribution in [0.5, 0.6) is 5.75 Å². The van der Waals surface area contributed by atoms with Gasteiger partial charge in [-0.1, -0.05) is 12.1 Å². The summed E-state index contributed by atoms with van der Waals surface area (Å²) >= 11 is 1.50. The molecule has 0 fully saturated rings. The number of hydrogen-bond donors (Lipinski definition) is 1. The molecule has 0 aliphatic heterocycles. The van der Waals surface area contributed by atoms with Gasteiger partial charge in [-0.3, -0.25) is 4.79 Å². The average molecular weight is 364 g/mol. The van der Waals surface area contributed by atoms with Crippen molar-refractivity contribution in [2.24, 2.45) is 5.10 Å². The Bertz CT molecular complexity index is 779. The van der Waals surface area contributed by atoms with Crippen LogP contribution in [0.1, 0.15) is 45.4 Å². The van der Waals surface area contributed by atoms with Crippen LogP contribution >= 0.6 is 11.3 Å². The number of thiophene rings is 1. The fraction of sp³-hybridized carbons (Fsp3) is 0.333. The number of nitrogens with zero attached hydrogens (tertiary/aromatic N) is 1. The summed E-state index contributed by atoms with van der Waals surface area (Å²) in [7, 11) is 0. The fourth-order valence-corrected chi connectivity index (χ4v) is 3.96. The second-order valence-electron chi connectivity index (χ2n) is 5.78. The monoisotopic (exact) mass is 364 g/mol. The molecule has 0 radical (unpaired) electrons. The minimum absolute atomic E-state index is 0.0274. The third-order valence-corrected chi connectivity index (χ3v) is 5.27. The molecular weight excluding hydrogens is 346 g/mol. The largest absolute Gasteiger partial charge is 0.434 e. The molecule has 2 aromatic rings.